The third kappa shape index (κ3) is 3.35. The molecule has 104 valence electrons. The van der Waals surface area contributed by atoms with Gasteiger partial charge in [0.1, 0.15) is 0 Å². The van der Waals surface area contributed by atoms with E-state index in [0.717, 1.165) is 0 Å². The van der Waals surface area contributed by atoms with E-state index >= 15 is 0 Å². The zero-order valence-electron chi connectivity index (χ0n) is 11.0. The second-order valence-electron chi connectivity index (χ2n) is 4.04. The monoisotopic (exact) mass is 274 g/mol. The Morgan fingerprint density at radius 3 is 2.90 bits per heavy atom. The van der Waals surface area contributed by atoms with Gasteiger partial charge in [-0.1, -0.05) is 0 Å². The lowest BCUT2D eigenvalue weighted by atomic mass is 10.2. The molecule has 0 aliphatic heterocycles. The number of aromatic hydroxyl groups is 1. The molecule has 0 aliphatic carbocycles. The number of nitrogens with one attached hydrogen (secondary N) is 2. The number of hydrogen-bond acceptors (Lipinski definition) is 6. The van der Waals surface area contributed by atoms with Crippen LogP contribution in [0.4, 0.5) is 5.95 Å². The summed E-state index contributed by atoms with van der Waals surface area (Å²) < 4.78 is 4.94. The summed E-state index contributed by atoms with van der Waals surface area (Å²) in [5.41, 5.74) is 3.62. The molecule has 2 rings (SSSR count). The van der Waals surface area contributed by atoms with E-state index in [-0.39, 0.29) is 17.3 Å². The molecule has 1 aromatic carbocycles. The Morgan fingerprint density at radius 2 is 2.25 bits per heavy atom. The Balaban J connectivity index is 2.10. The van der Waals surface area contributed by atoms with E-state index in [9.17, 15) is 9.90 Å². The lowest BCUT2D eigenvalue weighted by Crippen LogP contribution is -2.10. The maximum Gasteiger partial charge on any atom is 0.252 e. The molecule has 0 fully saturated rings. The van der Waals surface area contributed by atoms with Gasteiger partial charge in [-0.2, -0.15) is 5.10 Å². The number of anilines is 1. The molecule has 2 aromatic rings. The first-order valence-corrected chi connectivity index (χ1v) is 5.82. The van der Waals surface area contributed by atoms with Crippen LogP contribution >= 0.6 is 0 Å². The van der Waals surface area contributed by atoms with Crippen LogP contribution in [-0.2, 0) is 0 Å². The number of aromatic nitrogens is 2. The highest BCUT2D eigenvalue weighted by atomic mass is 16.5. The van der Waals surface area contributed by atoms with E-state index in [4.69, 9.17) is 4.74 Å². The molecular weight excluding hydrogens is 260 g/mol. The van der Waals surface area contributed by atoms with Crippen molar-refractivity contribution in [3.8, 4) is 11.5 Å². The minimum absolute atomic E-state index is 0.0264. The zero-order valence-corrected chi connectivity index (χ0v) is 11.0. The summed E-state index contributed by atoms with van der Waals surface area (Å²) in [4.78, 5) is 17.8. The highest BCUT2D eigenvalue weighted by Gasteiger charge is 2.00. The minimum atomic E-state index is -0.253. The van der Waals surface area contributed by atoms with Crippen molar-refractivity contribution in [2.45, 2.75) is 6.92 Å². The van der Waals surface area contributed by atoms with Crippen molar-refractivity contribution in [2.75, 3.05) is 12.5 Å². The number of aryl methyl sites for hydroxylation is 1. The van der Waals surface area contributed by atoms with Crippen LogP contribution in [0.2, 0.25) is 0 Å². The molecule has 0 atom stereocenters. The SMILES string of the molecule is COc1ccc(/C=N/Nc2nc(C)cc(=O)[nH]2)cc1O. The van der Waals surface area contributed by atoms with Gasteiger partial charge < -0.3 is 9.84 Å². The van der Waals surface area contributed by atoms with Crippen molar-refractivity contribution in [1.82, 2.24) is 9.97 Å². The Kier molecular flexibility index (Phi) is 3.99. The number of rotatable bonds is 4. The van der Waals surface area contributed by atoms with Gasteiger partial charge in [0.05, 0.1) is 13.3 Å². The molecule has 1 heterocycles. The van der Waals surface area contributed by atoms with E-state index in [1.54, 1.807) is 19.1 Å². The number of methoxy groups -OCH3 is 1. The molecule has 0 saturated heterocycles. The number of aromatic amines is 1. The van der Waals surface area contributed by atoms with Crippen LogP contribution in [0.15, 0.2) is 34.2 Å². The number of benzene rings is 1. The maximum absolute atomic E-state index is 11.2. The maximum atomic E-state index is 11.2. The molecule has 3 N–H and O–H groups in total. The number of hydrazone groups is 1. The minimum Gasteiger partial charge on any atom is -0.504 e. The van der Waals surface area contributed by atoms with Gasteiger partial charge in [-0.15, -0.1) is 0 Å². The van der Waals surface area contributed by atoms with Gasteiger partial charge in [0, 0.05) is 11.8 Å². The predicted molar refractivity (Wildman–Crippen MR) is 75.5 cm³/mol. The van der Waals surface area contributed by atoms with Crippen molar-refractivity contribution < 1.29 is 9.84 Å². The molecular formula is C13H14N4O3. The van der Waals surface area contributed by atoms with Crippen LogP contribution in [0.5, 0.6) is 11.5 Å². The summed E-state index contributed by atoms with van der Waals surface area (Å²) in [6.07, 6.45) is 1.49. The molecule has 0 saturated carbocycles. The fraction of sp³-hybridized carbons (Fsp3) is 0.154. The van der Waals surface area contributed by atoms with E-state index in [2.05, 4.69) is 20.5 Å². The summed E-state index contributed by atoms with van der Waals surface area (Å²) in [7, 11) is 1.48. The van der Waals surface area contributed by atoms with Crippen molar-refractivity contribution in [3.05, 3.63) is 45.9 Å². The molecule has 0 bridgehead atoms. The largest absolute Gasteiger partial charge is 0.504 e. The summed E-state index contributed by atoms with van der Waals surface area (Å²) in [5, 5.41) is 13.5. The van der Waals surface area contributed by atoms with Gasteiger partial charge in [0.15, 0.2) is 11.5 Å². The van der Waals surface area contributed by atoms with E-state index in [0.29, 0.717) is 17.0 Å². The fourth-order valence-corrected chi connectivity index (χ4v) is 1.59. The van der Waals surface area contributed by atoms with Crippen LogP contribution in [0.3, 0.4) is 0 Å². The number of phenols is 1. The zero-order chi connectivity index (χ0) is 14.5. The standard InChI is InChI=1S/C13H14N4O3/c1-8-5-12(19)16-13(15-8)17-14-7-9-3-4-11(20-2)10(18)6-9/h3-7,18H,1-2H3,(H2,15,16,17,19)/b14-7+. The molecule has 20 heavy (non-hydrogen) atoms. The fourth-order valence-electron chi connectivity index (χ4n) is 1.59. The Morgan fingerprint density at radius 1 is 1.45 bits per heavy atom. The Hall–Kier alpha value is -2.83. The number of phenolic OH excluding ortho intramolecular Hbond substituents is 1. The molecule has 7 nitrogen and oxygen atoms in total. The highest BCUT2D eigenvalue weighted by Crippen LogP contribution is 2.25. The van der Waals surface area contributed by atoms with Crippen molar-refractivity contribution in [2.24, 2.45) is 5.10 Å². The van der Waals surface area contributed by atoms with E-state index in [1.807, 2.05) is 0 Å². The van der Waals surface area contributed by atoms with Gasteiger partial charge in [-0.3, -0.25) is 9.78 Å². The summed E-state index contributed by atoms with van der Waals surface area (Å²) in [5.74, 6) is 0.669. The molecule has 0 aliphatic rings. The molecule has 0 amide bonds. The first-order valence-electron chi connectivity index (χ1n) is 5.82. The topological polar surface area (TPSA) is 99.6 Å². The van der Waals surface area contributed by atoms with Crippen molar-refractivity contribution in [1.29, 1.82) is 0 Å². The van der Waals surface area contributed by atoms with Crippen molar-refractivity contribution in [3.63, 3.8) is 0 Å². The van der Waals surface area contributed by atoms with E-state index in [1.165, 1.54) is 25.5 Å². The summed E-state index contributed by atoms with van der Waals surface area (Å²) >= 11 is 0. The third-order valence-electron chi connectivity index (χ3n) is 2.46. The van der Waals surface area contributed by atoms with Gasteiger partial charge in [-0.05, 0) is 30.7 Å². The Bertz CT molecular complexity index is 694. The van der Waals surface area contributed by atoms with E-state index < -0.39 is 0 Å². The molecule has 0 spiro atoms. The van der Waals surface area contributed by atoms with Crippen LogP contribution in [0.1, 0.15) is 11.3 Å². The second kappa shape index (κ2) is 5.87. The van der Waals surface area contributed by atoms with Gasteiger partial charge in [-0.25, -0.2) is 10.4 Å². The molecule has 0 radical (unpaired) electrons. The third-order valence-corrected chi connectivity index (χ3v) is 2.46. The number of nitrogens with zero attached hydrogens (tertiary/aromatic N) is 2. The molecule has 1 aromatic heterocycles. The summed E-state index contributed by atoms with van der Waals surface area (Å²) in [6, 6.07) is 6.26. The average Bonchev–Trinajstić information content (AvgIpc) is 2.38. The summed E-state index contributed by atoms with van der Waals surface area (Å²) in [6.45, 7) is 1.71. The smallest absolute Gasteiger partial charge is 0.252 e. The Labute approximate surface area is 115 Å². The van der Waals surface area contributed by atoms with Crippen LogP contribution in [0, 0.1) is 6.92 Å². The average molecular weight is 274 g/mol. The lowest BCUT2D eigenvalue weighted by molar-refractivity contribution is 0.373. The van der Waals surface area contributed by atoms with Gasteiger partial charge in [0.25, 0.3) is 5.56 Å². The van der Waals surface area contributed by atoms with Gasteiger partial charge in [0.2, 0.25) is 5.95 Å². The lowest BCUT2D eigenvalue weighted by Gasteiger charge is -2.03. The van der Waals surface area contributed by atoms with Crippen molar-refractivity contribution >= 4 is 12.2 Å². The first kappa shape index (κ1) is 13.6. The second-order valence-corrected chi connectivity index (χ2v) is 4.04. The predicted octanol–water partition coefficient (Wildman–Crippen LogP) is 1.24. The highest BCUT2D eigenvalue weighted by molar-refractivity contribution is 5.81. The quantitative estimate of drug-likeness (QED) is 0.575. The van der Waals surface area contributed by atoms with Gasteiger partial charge >= 0.3 is 0 Å². The molecule has 0 unspecified atom stereocenters. The number of hydrogen-bond donors (Lipinski definition) is 3. The number of H-pyrrole nitrogens is 1. The van der Waals surface area contributed by atoms with Crippen LogP contribution < -0.4 is 15.7 Å². The normalized spacial score (nSPS) is 10.7. The van der Waals surface area contributed by atoms with Crippen LogP contribution in [-0.4, -0.2) is 28.4 Å². The molecule has 7 heteroatoms. The first-order chi connectivity index (χ1) is 9.58. The number of ether oxygens (including phenoxy) is 1. The van der Waals surface area contributed by atoms with Crippen LogP contribution in [0.25, 0.3) is 0 Å².